The number of oxazole rings is 1. The van der Waals surface area contributed by atoms with E-state index in [2.05, 4.69) is 4.98 Å². The molecule has 0 radical (unpaired) electrons. The minimum atomic E-state index is -1.14. The van der Waals surface area contributed by atoms with Crippen molar-refractivity contribution in [3.05, 3.63) is 30.2 Å². The molecule has 1 heterocycles. The van der Waals surface area contributed by atoms with E-state index in [1.165, 1.54) is 19.4 Å². The second-order valence-electron chi connectivity index (χ2n) is 3.46. The van der Waals surface area contributed by atoms with Gasteiger partial charge in [0.25, 0.3) is 0 Å². The molecule has 1 aromatic heterocycles. The van der Waals surface area contributed by atoms with Crippen LogP contribution in [-0.4, -0.2) is 21.8 Å². The molecule has 0 amide bonds. The molecule has 0 fully saturated rings. The maximum atomic E-state index is 11.7. The summed E-state index contributed by atoms with van der Waals surface area (Å²) in [5, 5.41) is 8.73. The molecule has 5 heteroatoms. The van der Waals surface area contributed by atoms with Gasteiger partial charge < -0.3 is 9.52 Å². The fraction of sp³-hybridized carbons (Fsp3) is 0.182. The summed E-state index contributed by atoms with van der Waals surface area (Å²) in [4.78, 5) is 26.3. The number of aliphatic carboxylic acids is 1. The number of benzene rings is 1. The van der Waals surface area contributed by atoms with Gasteiger partial charge in [0.1, 0.15) is 11.4 Å². The predicted octanol–water partition coefficient (Wildman–Crippen LogP) is 1.73. The Morgan fingerprint density at radius 1 is 1.44 bits per heavy atom. The van der Waals surface area contributed by atoms with Crippen LogP contribution in [-0.2, 0) is 4.79 Å². The van der Waals surface area contributed by atoms with E-state index in [9.17, 15) is 9.59 Å². The topological polar surface area (TPSA) is 80.4 Å². The molecule has 1 atom stereocenters. The lowest BCUT2D eigenvalue weighted by atomic mass is 9.99. The van der Waals surface area contributed by atoms with E-state index in [1.54, 1.807) is 12.1 Å². The number of hydrogen-bond acceptors (Lipinski definition) is 4. The first-order valence-electron chi connectivity index (χ1n) is 4.70. The second-order valence-corrected chi connectivity index (χ2v) is 3.46. The third-order valence-corrected chi connectivity index (χ3v) is 2.38. The summed E-state index contributed by atoms with van der Waals surface area (Å²) in [5.41, 5.74) is 1.43. The highest BCUT2D eigenvalue weighted by atomic mass is 16.4. The van der Waals surface area contributed by atoms with Gasteiger partial charge in [-0.1, -0.05) is 0 Å². The van der Waals surface area contributed by atoms with Crippen molar-refractivity contribution in [2.24, 2.45) is 5.92 Å². The molecule has 0 aliphatic carbocycles. The number of Topliss-reactive ketones (excluding diaryl/α,β-unsaturated/α-hetero) is 1. The lowest BCUT2D eigenvalue weighted by Crippen LogP contribution is -2.20. The lowest BCUT2D eigenvalue weighted by molar-refractivity contribution is -0.139. The monoisotopic (exact) mass is 219 g/mol. The summed E-state index contributed by atoms with van der Waals surface area (Å²) in [7, 11) is 0. The van der Waals surface area contributed by atoms with Gasteiger partial charge in [-0.15, -0.1) is 0 Å². The van der Waals surface area contributed by atoms with Crippen LogP contribution in [0.4, 0.5) is 0 Å². The first-order valence-corrected chi connectivity index (χ1v) is 4.70. The van der Waals surface area contributed by atoms with Crippen LogP contribution in [0.15, 0.2) is 29.0 Å². The summed E-state index contributed by atoms with van der Waals surface area (Å²) in [6.45, 7) is 1.36. The van der Waals surface area contributed by atoms with Crippen LogP contribution in [0.5, 0.6) is 0 Å². The van der Waals surface area contributed by atoms with Crippen molar-refractivity contribution in [3.63, 3.8) is 0 Å². The molecular formula is C11H9NO4. The van der Waals surface area contributed by atoms with Gasteiger partial charge in [-0.05, 0) is 25.1 Å². The van der Waals surface area contributed by atoms with Crippen LogP contribution in [0.25, 0.3) is 11.1 Å². The van der Waals surface area contributed by atoms with Crippen molar-refractivity contribution in [1.29, 1.82) is 0 Å². The first kappa shape index (κ1) is 10.4. The van der Waals surface area contributed by atoms with Crippen molar-refractivity contribution < 1.29 is 19.1 Å². The fourth-order valence-electron chi connectivity index (χ4n) is 1.37. The number of fused-ring (bicyclic) bond motifs is 1. The van der Waals surface area contributed by atoms with Gasteiger partial charge in [-0.3, -0.25) is 9.59 Å². The molecule has 0 aliphatic heterocycles. The minimum absolute atomic E-state index is 0.319. The van der Waals surface area contributed by atoms with Crippen LogP contribution < -0.4 is 0 Å². The Balaban J connectivity index is 2.39. The van der Waals surface area contributed by atoms with E-state index in [-0.39, 0.29) is 0 Å². The van der Waals surface area contributed by atoms with Crippen LogP contribution in [0.3, 0.4) is 0 Å². The zero-order valence-corrected chi connectivity index (χ0v) is 8.51. The maximum absolute atomic E-state index is 11.7. The Kier molecular flexibility index (Phi) is 2.44. The Morgan fingerprint density at radius 2 is 2.19 bits per heavy atom. The van der Waals surface area contributed by atoms with Gasteiger partial charge in [-0.25, -0.2) is 4.98 Å². The molecule has 0 aliphatic rings. The zero-order chi connectivity index (χ0) is 11.7. The number of hydrogen-bond donors (Lipinski definition) is 1. The number of carboxylic acids is 1. The van der Waals surface area contributed by atoms with Crippen molar-refractivity contribution >= 4 is 22.9 Å². The number of carboxylic acid groups (broad SMARTS) is 1. The molecule has 5 nitrogen and oxygen atoms in total. The maximum Gasteiger partial charge on any atom is 0.314 e. The molecule has 2 aromatic rings. The molecule has 1 aromatic carbocycles. The highest BCUT2D eigenvalue weighted by Crippen LogP contribution is 2.17. The van der Waals surface area contributed by atoms with Crippen molar-refractivity contribution in [2.75, 3.05) is 0 Å². The summed E-state index contributed by atoms with van der Waals surface area (Å²) < 4.78 is 5.04. The molecule has 0 bridgehead atoms. The highest BCUT2D eigenvalue weighted by molar-refractivity contribution is 6.08. The Bertz CT molecular complexity index is 558. The highest BCUT2D eigenvalue weighted by Gasteiger charge is 2.22. The van der Waals surface area contributed by atoms with E-state index in [0.29, 0.717) is 16.7 Å². The van der Waals surface area contributed by atoms with Gasteiger partial charge >= 0.3 is 5.97 Å². The SMILES string of the molecule is CC(C(=O)O)C(=O)c1ccc2ncoc2c1. The largest absolute Gasteiger partial charge is 0.481 e. The smallest absolute Gasteiger partial charge is 0.314 e. The molecule has 82 valence electrons. The normalized spacial score (nSPS) is 12.6. The number of ketones is 1. The molecule has 1 unspecified atom stereocenters. The summed E-state index contributed by atoms with van der Waals surface area (Å²) >= 11 is 0. The molecule has 16 heavy (non-hydrogen) atoms. The van der Waals surface area contributed by atoms with Gasteiger partial charge in [0.05, 0.1) is 0 Å². The van der Waals surface area contributed by atoms with Crippen molar-refractivity contribution in [2.45, 2.75) is 6.92 Å². The second kappa shape index (κ2) is 3.77. The van der Waals surface area contributed by atoms with Gasteiger partial charge in [-0.2, -0.15) is 0 Å². The summed E-state index contributed by atoms with van der Waals surface area (Å²) in [6.07, 6.45) is 1.28. The van der Waals surface area contributed by atoms with E-state index in [4.69, 9.17) is 9.52 Å². The number of carbonyl (C=O) groups excluding carboxylic acids is 1. The summed E-state index contributed by atoms with van der Waals surface area (Å²) in [5.74, 6) is -2.63. The van der Waals surface area contributed by atoms with E-state index in [1.807, 2.05) is 0 Å². The average Bonchev–Trinajstić information content (AvgIpc) is 2.73. The van der Waals surface area contributed by atoms with Crippen molar-refractivity contribution in [1.82, 2.24) is 4.98 Å². The van der Waals surface area contributed by atoms with E-state index in [0.717, 1.165) is 0 Å². The van der Waals surface area contributed by atoms with E-state index < -0.39 is 17.7 Å². The standard InChI is InChI=1S/C11H9NO4/c1-6(11(14)15)10(13)7-2-3-8-9(4-7)16-5-12-8/h2-6H,1H3,(H,14,15). The van der Waals surface area contributed by atoms with Gasteiger partial charge in [0, 0.05) is 5.56 Å². The Hall–Kier alpha value is -2.17. The number of rotatable bonds is 3. The van der Waals surface area contributed by atoms with Crippen molar-refractivity contribution in [3.8, 4) is 0 Å². The average molecular weight is 219 g/mol. The Labute approximate surface area is 90.7 Å². The third-order valence-electron chi connectivity index (χ3n) is 2.38. The molecule has 0 saturated heterocycles. The number of nitrogens with zero attached hydrogens (tertiary/aromatic N) is 1. The van der Waals surface area contributed by atoms with Crippen LogP contribution in [0.2, 0.25) is 0 Å². The predicted molar refractivity (Wildman–Crippen MR) is 55.1 cm³/mol. The van der Waals surface area contributed by atoms with Crippen LogP contribution in [0, 0.1) is 5.92 Å². The van der Waals surface area contributed by atoms with Crippen LogP contribution >= 0.6 is 0 Å². The van der Waals surface area contributed by atoms with Gasteiger partial charge in [0.15, 0.2) is 17.8 Å². The quantitative estimate of drug-likeness (QED) is 0.628. The van der Waals surface area contributed by atoms with Gasteiger partial charge in [0.2, 0.25) is 0 Å². The molecular weight excluding hydrogens is 210 g/mol. The Morgan fingerprint density at radius 3 is 2.88 bits per heavy atom. The fourth-order valence-corrected chi connectivity index (χ4v) is 1.37. The molecule has 2 rings (SSSR count). The minimum Gasteiger partial charge on any atom is -0.481 e. The first-order chi connectivity index (χ1) is 7.59. The molecule has 1 N–H and O–H groups in total. The third kappa shape index (κ3) is 1.67. The summed E-state index contributed by atoms with van der Waals surface area (Å²) in [6, 6.07) is 4.68. The number of aromatic nitrogens is 1. The van der Waals surface area contributed by atoms with E-state index >= 15 is 0 Å². The molecule has 0 spiro atoms. The lowest BCUT2D eigenvalue weighted by Gasteiger charge is -2.04. The van der Waals surface area contributed by atoms with Crippen LogP contribution in [0.1, 0.15) is 17.3 Å². The number of carbonyl (C=O) groups is 2. The molecule has 0 saturated carbocycles. The zero-order valence-electron chi connectivity index (χ0n) is 8.51.